The Morgan fingerprint density at radius 1 is 1.09 bits per heavy atom. The average molecular weight is 310 g/mol. The Morgan fingerprint density at radius 2 is 1.68 bits per heavy atom. The number of nitrogens with zero attached hydrogens (tertiary/aromatic N) is 1. The largest absolute Gasteiger partial charge is 0.348 e. The van der Waals surface area contributed by atoms with Crippen molar-refractivity contribution < 1.29 is 4.79 Å². The van der Waals surface area contributed by atoms with E-state index in [1.54, 1.807) is 6.08 Å². The predicted octanol–water partition coefficient (Wildman–Crippen LogP) is 3.23. The quantitative estimate of drug-likeness (QED) is 0.695. The minimum atomic E-state index is -0.228. The van der Waals surface area contributed by atoms with Gasteiger partial charge in [0, 0.05) is 19.7 Å². The molecule has 0 aliphatic carbocycles. The summed E-state index contributed by atoms with van der Waals surface area (Å²) in [6, 6.07) is 19.6. The van der Waals surface area contributed by atoms with Gasteiger partial charge in [0.1, 0.15) is 0 Å². The van der Waals surface area contributed by atoms with E-state index in [2.05, 4.69) is 5.32 Å². The van der Waals surface area contributed by atoms with Crippen molar-refractivity contribution in [3.8, 4) is 0 Å². The molecule has 0 saturated carbocycles. The van der Waals surface area contributed by atoms with Crippen LogP contribution < -0.4 is 5.32 Å². The standard InChI is InChI=1S/C18H18N2OS/c1-20(14-16-10-6-3-7-11-16)18(22)19-17(21)13-12-15-8-4-2-5-9-15/h2-13H,14H2,1H3,(H,19,21,22). The number of carbonyl (C=O) groups is 1. The zero-order chi connectivity index (χ0) is 15.8. The van der Waals surface area contributed by atoms with Crippen LogP contribution in [0.2, 0.25) is 0 Å². The van der Waals surface area contributed by atoms with Gasteiger partial charge in [-0.25, -0.2) is 0 Å². The molecule has 2 aromatic carbocycles. The van der Waals surface area contributed by atoms with Gasteiger partial charge < -0.3 is 4.90 Å². The number of thiocarbonyl (C=S) groups is 1. The molecule has 0 heterocycles. The van der Waals surface area contributed by atoms with E-state index in [0.717, 1.165) is 11.1 Å². The maximum absolute atomic E-state index is 11.9. The van der Waals surface area contributed by atoms with E-state index in [9.17, 15) is 4.79 Å². The Morgan fingerprint density at radius 3 is 2.32 bits per heavy atom. The number of amides is 1. The lowest BCUT2D eigenvalue weighted by Crippen LogP contribution is -2.39. The number of nitrogens with one attached hydrogen (secondary N) is 1. The number of rotatable bonds is 4. The number of carbonyl (C=O) groups excluding carboxylic acids is 1. The molecule has 1 N–H and O–H groups in total. The lowest BCUT2D eigenvalue weighted by atomic mass is 10.2. The second kappa shape index (κ2) is 8.10. The minimum absolute atomic E-state index is 0.228. The second-order valence-corrected chi connectivity index (χ2v) is 5.27. The Labute approximate surface area is 136 Å². The van der Waals surface area contributed by atoms with Crippen molar-refractivity contribution in [1.29, 1.82) is 0 Å². The first-order chi connectivity index (χ1) is 10.6. The highest BCUT2D eigenvalue weighted by molar-refractivity contribution is 7.80. The summed E-state index contributed by atoms with van der Waals surface area (Å²) in [4.78, 5) is 13.7. The van der Waals surface area contributed by atoms with E-state index in [1.807, 2.05) is 72.6 Å². The first-order valence-electron chi connectivity index (χ1n) is 6.98. The van der Waals surface area contributed by atoms with E-state index in [-0.39, 0.29) is 5.91 Å². The molecule has 0 radical (unpaired) electrons. The van der Waals surface area contributed by atoms with Gasteiger partial charge in [-0.05, 0) is 29.4 Å². The molecule has 0 atom stereocenters. The van der Waals surface area contributed by atoms with Crippen LogP contribution in [-0.2, 0) is 11.3 Å². The fourth-order valence-corrected chi connectivity index (χ4v) is 2.07. The van der Waals surface area contributed by atoms with Crippen molar-refractivity contribution in [2.24, 2.45) is 0 Å². The molecular formula is C18H18N2OS. The van der Waals surface area contributed by atoms with Crippen LogP contribution in [0.3, 0.4) is 0 Å². The lowest BCUT2D eigenvalue weighted by molar-refractivity contribution is -0.115. The van der Waals surface area contributed by atoms with Crippen LogP contribution in [0.15, 0.2) is 66.7 Å². The molecule has 3 nitrogen and oxygen atoms in total. The minimum Gasteiger partial charge on any atom is -0.348 e. The third-order valence-corrected chi connectivity index (χ3v) is 3.48. The molecule has 0 spiro atoms. The van der Waals surface area contributed by atoms with Gasteiger partial charge in [-0.1, -0.05) is 60.7 Å². The molecule has 0 bridgehead atoms. The summed E-state index contributed by atoms with van der Waals surface area (Å²) in [6.45, 7) is 0.655. The first kappa shape index (κ1) is 15.9. The normalized spacial score (nSPS) is 10.4. The van der Waals surface area contributed by atoms with E-state index in [1.165, 1.54) is 6.08 Å². The van der Waals surface area contributed by atoms with Crippen molar-refractivity contribution in [1.82, 2.24) is 10.2 Å². The lowest BCUT2D eigenvalue weighted by Gasteiger charge is -2.19. The summed E-state index contributed by atoms with van der Waals surface area (Å²) in [5.41, 5.74) is 2.11. The highest BCUT2D eigenvalue weighted by atomic mass is 32.1. The van der Waals surface area contributed by atoms with E-state index in [0.29, 0.717) is 11.7 Å². The van der Waals surface area contributed by atoms with Crippen molar-refractivity contribution >= 4 is 29.3 Å². The van der Waals surface area contributed by atoms with Gasteiger partial charge in [-0.3, -0.25) is 10.1 Å². The third-order valence-electron chi connectivity index (χ3n) is 3.07. The van der Waals surface area contributed by atoms with Crippen LogP contribution in [0.5, 0.6) is 0 Å². The Kier molecular flexibility index (Phi) is 5.86. The van der Waals surface area contributed by atoms with Crippen molar-refractivity contribution in [3.05, 3.63) is 77.9 Å². The van der Waals surface area contributed by atoms with Gasteiger partial charge in [0.25, 0.3) is 0 Å². The summed E-state index contributed by atoms with van der Waals surface area (Å²) in [5, 5.41) is 3.11. The summed E-state index contributed by atoms with van der Waals surface area (Å²) in [5.74, 6) is -0.228. The van der Waals surface area contributed by atoms with Gasteiger partial charge >= 0.3 is 0 Å². The van der Waals surface area contributed by atoms with Crippen LogP contribution in [-0.4, -0.2) is 23.0 Å². The van der Waals surface area contributed by atoms with Crippen molar-refractivity contribution in [2.75, 3.05) is 7.05 Å². The summed E-state index contributed by atoms with van der Waals surface area (Å²) in [6.07, 6.45) is 3.24. The Hall–Kier alpha value is -2.46. The average Bonchev–Trinajstić information content (AvgIpc) is 2.55. The molecule has 22 heavy (non-hydrogen) atoms. The molecule has 2 aromatic rings. The maximum atomic E-state index is 11.9. The Bertz CT molecular complexity index is 653. The fraction of sp³-hybridized carbons (Fsp3) is 0.111. The van der Waals surface area contributed by atoms with Gasteiger partial charge in [0.05, 0.1) is 0 Å². The molecule has 112 valence electrons. The zero-order valence-electron chi connectivity index (χ0n) is 12.4. The van der Waals surface area contributed by atoms with E-state index < -0.39 is 0 Å². The monoisotopic (exact) mass is 310 g/mol. The van der Waals surface area contributed by atoms with Crippen molar-refractivity contribution in [2.45, 2.75) is 6.54 Å². The van der Waals surface area contributed by atoms with Crippen molar-refractivity contribution in [3.63, 3.8) is 0 Å². The molecular weight excluding hydrogens is 292 g/mol. The highest BCUT2D eigenvalue weighted by Gasteiger charge is 2.07. The molecule has 2 rings (SSSR count). The SMILES string of the molecule is CN(Cc1ccccc1)C(=S)NC(=O)C=Cc1ccccc1. The van der Waals surface area contributed by atoms with E-state index >= 15 is 0 Å². The number of hydrogen-bond donors (Lipinski definition) is 1. The van der Waals surface area contributed by atoms with Gasteiger partial charge in [0.15, 0.2) is 5.11 Å². The highest BCUT2D eigenvalue weighted by Crippen LogP contribution is 2.03. The molecule has 0 saturated heterocycles. The maximum Gasteiger partial charge on any atom is 0.250 e. The predicted molar refractivity (Wildman–Crippen MR) is 94.1 cm³/mol. The zero-order valence-corrected chi connectivity index (χ0v) is 13.2. The molecule has 0 unspecified atom stereocenters. The van der Waals surface area contributed by atoms with Crippen LogP contribution >= 0.6 is 12.2 Å². The molecule has 0 fully saturated rings. The topological polar surface area (TPSA) is 32.3 Å². The summed E-state index contributed by atoms with van der Waals surface area (Å²) in [7, 11) is 1.86. The molecule has 4 heteroatoms. The fourth-order valence-electron chi connectivity index (χ4n) is 1.91. The van der Waals surface area contributed by atoms with Crippen LogP contribution in [0.1, 0.15) is 11.1 Å². The number of benzene rings is 2. The third kappa shape index (κ3) is 5.14. The van der Waals surface area contributed by atoms with E-state index in [4.69, 9.17) is 12.2 Å². The van der Waals surface area contributed by atoms with Crippen LogP contribution in [0, 0.1) is 0 Å². The first-order valence-corrected chi connectivity index (χ1v) is 7.39. The van der Waals surface area contributed by atoms with Gasteiger partial charge in [-0.15, -0.1) is 0 Å². The number of hydrogen-bond acceptors (Lipinski definition) is 2. The smallest absolute Gasteiger partial charge is 0.250 e. The molecule has 0 aliphatic rings. The summed E-state index contributed by atoms with van der Waals surface area (Å²) >= 11 is 5.24. The van der Waals surface area contributed by atoms with Crippen LogP contribution in [0.4, 0.5) is 0 Å². The Balaban J connectivity index is 1.85. The molecule has 0 aromatic heterocycles. The molecule has 1 amide bonds. The van der Waals surface area contributed by atoms with Crippen LogP contribution in [0.25, 0.3) is 6.08 Å². The second-order valence-electron chi connectivity index (χ2n) is 4.88. The molecule has 0 aliphatic heterocycles. The summed E-state index contributed by atoms with van der Waals surface area (Å²) < 4.78 is 0. The van der Waals surface area contributed by atoms with Gasteiger partial charge in [-0.2, -0.15) is 0 Å². The van der Waals surface area contributed by atoms with Gasteiger partial charge in [0.2, 0.25) is 5.91 Å².